The minimum Gasteiger partial charge on any atom is -0.357 e. The summed E-state index contributed by atoms with van der Waals surface area (Å²) in [6.07, 6.45) is 0. The lowest BCUT2D eigenvalue weighted by atomic mass is 10.2. The molecule has 0 aliphatic carbocycles. The molecule has 0 heterocycles. The van der Waals surface area contributed by atoms with Crippen molar-refractivity contribution in [1.82, 2.24) is 15.1 Å². The van der Waals surface area contributed by atoms with Gasteiger partial charge < -0.3 is 15.1 Å². The standard InChI is InChI=1S/C17H27ClN4O/c1-5-19-17(20-12-14-8-10-15(18)11-9-14)21(4)13-16(23)22(6-2)7-3/h8-11H,5-7,12-13H2,1-4H3,(H,19,20). The van der Waals surface area contributed by atoms with E-state index in [0.29, 0.717) is 18.1 Å². The second-order valence-electron chi connectivity index (χ2n) is 5.22. The van der Waals surface area contributed by atoms with Crippen molar-refractivity contribution >= 4 is 23.5 Å². The molecule has 0 atom stereocenters. The molecule has 0 spiro atoms. The van der Waals surface area contributed by atoms with E-state index in [-0.39, 0.29) is 5.91 Å². The Morgan fingerprint density at radius 1 is 1.17 bits per heavy atom. The van der Waals surface area contributed by atoms with E-state index in [9.17, 15) is 4.79 Å². The molecule has 0 radical (unpaired) electrons. The van der Waals surface area contributed by atoms with Gasteiger partial charge in [0, 0.05) is 31.7 Å². The molecule has 6 heteroatoms. The molecule has 0 fully saturated rings. The highest BCUT2D eigenvalue weighted by Gasteiger charge is 2.14. The normalized spacial score (nSPS) is 11.3. The molecule has 128 valence electrons. The Balaban J connectivity index is 2.73. The van der Waals surface area contributed by atoms with Crippen molar-refractivity contribution in [3.05, 3.63) is 34.9 Å². The van der Waals surface area contributed by atoms with E-state index in [2.05, 4.69) is 10.3 Å². The number of likely N-dealkylation sites (N-methyl/N-ethyl adjacent to an activating group) is 2. The first kappa shape index (κ1) is 19.3. The van der Waals surface area contributed by atoms with Crippen LogP contribution < -0.4 is 5.32 Å². The zero-order valence-electron chi connectivity index (χ0n) is 14.5. The van der Waals surface area contributed by atoms with Crippen LogP contribution in [0.4, 0.5) is 0 Å². The number of guanidine groups is 1. The number of hydrogen-bond acceptors (Lipinski definition) is 2. The Hall–Kier alpha value is -1.75. The van der Waals surface area contributed by atoms with E-state index >= 15 is 0 Å². The van der Waals surface area contributed by atoms with Crippen LogP contribution in [-0.2, 0) is 11.3 Å². The fourth-order valence-electron chi connectivity index (χ4n) is 2.18. The van der Waals surface area contributed by atoms with Gasteiger partial charge in [0.25, 0.3) is 0 Å². The molecule has 5 nitrogen and oxygen atoms in total. The van der Waals surface area contributed by atoms with E-state index in [1.54, 1.807) is 0 Å². The first-order valence-corrected chi connectivity index (χ1v) is 8.41. The van der Waals surface area contributed by atoms with Crippen LogP contribution in [-0.4, -0.2) is 54.9 Å². The van der Waals surface area contributed by atoms with Crippen molar-refractivity contribution in [1.29, 1.82) is 0 Å². The summed E-state index contributed by atoms with van der Waals surface area (Å²) in [7, 11) is 1.88. The van der Waals surface area contributed by atoms with Crippen LogP contribution in [0.3, 0.4) is 0 Å². The van der Waals surface area contributed by atoms with Gasteiger partial charge in [0.05, 0.1) is 13.1 Å². The summed E-state index contributed by atoms with van der Waals surface area (Å²) in [4.78, 5) is 20.5. The first-order chi connectivity index (χ1) is 11.0. The molecule has 0 bridgehead atoms. The van der Waals surface area contributed by atoms with Gasteiger partial charge in [-0.1, -0.05) is 23.7 Å². The SMILES string of the molecule is CCNC(=NCc1ccc(Cl)cc1)N(C)CC(=O)N(CC)CC. The van der Waals surface area contributed by atoms with Gasteiger partial charge in [0.15, 0.2) is 5.96 Å². The average molecular weight is 339 g/mol. The third kappa shape index (κ3) is 6.48. The molecular weight excluding hydrogens is 312 g/mol. The van der Waals surface area contributed by atoms with Crippen LogP contribution in [0.25, 0.3) is 0 Å². The second kappa shape index (κ2) is 10.1. The Morgan fingerprint density at radius 3 is 2.30 bits per heavy atom. The van der Waals surface area contributed by atoms with E-state index in [0.717, 1.165) is 31.2 Å². The van der Waals surface area contributed by atoms with E-state index in [1.807, 2.05) is 61.9 Å². The van der Waals surface area contributed by atoms with Crippen molar-refractivity contribution in [2.24, 2.45) is 4.99 Å². The second-order valence-corrected chi connectivity index (χ2v) is 5.66. The van der Waals surface area contributed by atoms with Gasteiger partial charge in [-0.3, -0.25) is 4.79 Å². The minimum atomic E-state index is 0.106. The summed E-state index contributed by atoms with van der Waals surface area (Å²) in [6, 6.07) is 7.62. The van der Waals surface area contributed by atoms with Gasteiger partial charge in [-0.2, -0.15) is 0 Å². The van der Waals surface area contributed by atoms with Crippen LogP contribution in [0.15, 0.2) is 29.3 Å². The zero-order valence-corrected chi connectivity index (χ0v) is 15.2. The molecular formula is C17H27ClN4O. The number of nitrogens with one attached hydrogen (secondary N) is 1. The number of aliphatic imine (C=N–C) groups is 1. The van der Waals surface area contributed by atoms with Gasteiger partial charge in [0.2, 0.25) is 5.91 Å². The van der Waals surface area contributed by atoms with E-state index in [1.165, 1.54) is 0 Å². The van der Waals surface area contributed by atoms with Crippen LogP contribution in [0.1, 0.15) is 26.3 Å². The molecule has 0 unspecified atom stereocenters. The van der Waals surface area contributed by atoms with E-state index in [4.69, 9.17) is 11.6 Å². The summed E-state index contributed by atoms with van der Waals surface area (Å²) in [6.45, 7) is 9.05. The lowest BCUT2D eigenvalue weighted by Crippen LogP contribution is -2.45. The van der Waals surface area contributed by atoms with Crippen molar-refractivity contribution in [2.75, 3.05) is 33.2 Å². The van der Waals surface area contributed by atoms with Crippen LogP contribution >= 0.6 is 11.6 Å². The average Bonchev–Trinajstić information content (AvgIpc) is 2.54. The fraction of sp³-hybridized carbons (Fsp3) is 0.529. The number of rotatable bonds is 7. The van der Waals surface area contributed by atoms with Crippen LogP contribution in [0, 0.1) is 0 Å². The van der Waals surface area contributed by atoms with Crippen molar-refractivity contribution in [2.45, 2.75) is 27.3 Å². The lowest BCUT2D eigenvalue weighted by molar-refractivity contribution is -0.131. The monoisotopic (exact) mass is 338 g/mol. The molecule has 0 saturated carbocycles. The Kier molecular flexibility index (Phi) is 8.48. The van der Waals surface area contributed by atoms with Gasteiger partial charge in [-0.05, 0) is 38.5 Å². The number of carbonyl (C=O) groups is 1. The minimum absolute atomic E-state index is 0.106. The number of benzene rings is 1. The summed E-state index contributed by atoms with van der Waals surface area (Å²) in [5.74, 6) is 0.831. The Bertz CT molecular complexity index is 512. The summed E-state index contributed by atoms with van der Waals surface area (Å²) >= 11 is 5.89. The van der Waals surface area contributed by atoms with Gasteiger partial charge in [0.1, 0.15) is 0 Å². The maximum atomic E-state index is 12.2. The molecule has 0 saturated heterocycles. The number of hydrogen-bond donors (Lipinski definition) is 1. The molecule has 23 heavy (non-hydrogen) atoms. The van der Waals surface area contributed by atoms with Gasteiger partial charge in [-0.15, -0.1) is 0 Å². The molecule has 1 amide bonds. The first-order valence-electron chi connectivity index (χ1n) is 8.03. The maximum Gasteiger partial charge on any atom is 0.242 e. The topological polar surface area (TPSA) is 47.9 Å². The highest BCUT2D eigenvalue weighted by molar-refractivity contribution is 6.30. The van der Waals surface area contributed by atoms with Crippen LogP contribution in [0.2, 0.25) is 5.02 Å². The lowest BCUT2D eigenvalue weighted by Gasteiger charge is -2.25. The summed E-state index contributed by atoms with van der Waals surface area (Å²) in [5.41, 5.74) is 1.08. The summed E-state index contributed by atoms with van der Waals surface area (Å²) in [5, 5.41) is 3.94. The third-order valence-corrected chi connectivity index (χ3v) is 3.76. The maximum absolute atomic E-state index is 12.2. The highest BCUT2D eigenvalue weighted by Crippen LogP contribution is 2.10. The predicted molar refractivity (Wildman–Crippen MR) is 96.8 cm³/mol. The number of nitrogens with zero attached hydrogens (tertiary/aromatic N) is 3. The Morgan fingerprint density at radius 2 is 1.78 bits per heavy atom. The molecule has 0 aromatic heterocycles. The smallest absolute Gasteiger partial charge is 0.242 e. The molecule has 0 aliphatic heterocycles. The predicted octanol–water partition coefficient (Wildman–Crippen LogP) is 2.61. The molecule has 1 aromatic carbocycles. The van der Waals surface area contributed by atoms with Crippen molar-refractivity contribution in [3.63, 3.8) is 0 Å². The number of amides is 1. The number of halogens is 1. The third-order valence-electron chi connectivity index (χ3n) is 3.51. The van der Waals surface area contributed by atoms with Crippen LogP contribution in [0.5, 0.6) is 0 Å². The van der Waals surface area contributed by atoms with Crippen molar-refractivity contribution < 1.29 is 4.79 Å². The van der Waals surface area contributed by atoms with Gasteiger partial charge >= 0.3 is 0 Å². The quantitative estimate of drug-likeness (QED) is 0.614. The van der Waals surface area contributed by atoms with Crippen molar-refractivity contribution in [3.8, 4) is 0 Å². The molecule has 1 rings (SSSR count). The number of carbonyl (C=O) groups excluding carboxylic acids is 1. The molecule has 1 N–H and O–H groups in total. The highest BCUT2D eigenvalue weighted by atomic mass is 35.5. The Labute approximate surface area is 144 Å². The molecule has 1 aromatic rings. The van der Waals surface area contributed by atoms with Gasteiger partial charge in [-0.25, -0.2) is 4.99 Å². The van der Waals surface area contributed by atoms with E-state index < -0.39 is 0 Å². The fourth-order valence-corrected chi connectivity index (χ4v) is 2.31. The zero-order chi connectivity index (χ0) is 17.2. The summed E-state index contributed by atoms with van der Waals surface area (Å²) < 4.78 is 0. The largest absolute Gasteiger partial charge is 0.357 e. The molecule has 0 aliphatic rings.